The van der Waals surface area contributed by atoms with Crippen LogP contribution in [-0.2, 0) is 6.42 Å². The molecule has 0 unspecified atom stereocenters. The van der Waals surface area contributed by atoms with E-state index in [1.54, 1.807) is 18.2 Å². The van der Waals surface area contributed by atoms with Crippen molar-refractivity contribution in [1.82, 2.24) is 5.32 Å². The quantitative estimate of drug-likeness (QED) is 0.805. The van der Waals surface area contributed by atoms with Crippen LogP contribution in [0.3, 0.4) is 0 Å². The molecule has 21 heavy (non-hydrogen) atoms. The summed E-state index contributed by atoms with van der Waals surface area (Å²) in [6, 6.07) is 12.1. The molecule has 3 nitrogen and oxygen atoms in total. The molecule has 0 aliphatic carbocycles. The van der Waals surface area contributed by atoms with E-state index >= 15 is 0 Å². The third-order valence-corrected chi connectivity index (χ3v) is 3.38. The first-order valence-corrected chi connectivity index (χ1v) is 7.42. The maximum Gasteiger partial charge on any atom is 0.319 e. The van der Waals surface area contributed by atoms with E-state index in [0.717, 1.165) is 5.56 Å². The van der Waals surface area contributed by atoms with E-state index in [2.05, 4.69) is 10.6 Å². The minimum atomic E-state index is -0.310. The molecule has 6 heteroatoms. The lowest BCUT2D eigenvalue weighted by atomic mass is 10.1. The number of halogens is 3. The zero-order chi connectivity index (χ0) is 15.2. The summed E-state index contributed by atoms with van der Waals surface area (Å²) in [5, 5.41) is 7.06. The van der Waals surface area contributed by atoms with Crippen molar-refractivity contribution in [3.63, 3.8) is 0 Å². The second-order valence-corrected chi connectivity index (χ2v) is 5.73. The van der Waals surface area contributed by atoms with E-state index in [-0.39, 0.29) is 6.03 Å². The van der Waals surface area contributed by atoms with Crippen LogP contribution in [0, 0.1) is 0 Å². The number of hydrogen-bond donors (Lipinski definition) is 2. The number of carbonyl (C=O) groups is 1. The molecule has 2 N–H and O–H groups in total. The Morgan fingerprint density at radius 1 is 0.952 bits per heavy atom. The SMILES string of the molecule is O=C(NCCc1cccc(Cl)c1)Nc1cc(Cl)cc(Cl)c1. The van der Waals surface area contributed by atoms with Crippen molar-refractivity contribution in [2.24, 2.45) is 0 Å². The molecule has 2 amide bonds. The van der Waals surface area contributed by atoms with E-state index in [1.165, 1.54) is 0 Å². The van der Waals surface area contributed by atoms with Gasteiger partial charge in [-0.05, 0) is 42.3 Å². The first-order chi connectivity index (χ1) is 10.0. The summed E-state index contributed by atoms with van der Waals surface area (Å²) < 4.78 is 0. The summed E-state index contributed by atoms with van der Waals surface area (Å²) in [4.78, 5) is 11.8. The number of benzene rings is 2. The summed E-state index contributed by atoms with van der Waals surface area (Å²) in [6.45, 7) is 0.500. The van der Waals surface area contributed by atoms with Gasteiger partial charge in [0.05, 0.1) is 0 Å². The van der Waals surface area contributed by atoms with E-state index in [1.807, 2.05) is 24.3 Å². The lowest BCUT2D eigenvalue weighted by Gasteiger charge is -2.08. The number of nitrogens with one attached hydrogen (secondary N) is 2. The molecule has 0 saturated heterocycles. The largest absolute Gasteiger partial charge is 0.338 e. The average Bonchev–Trinajstić information content (AvgIpc) is 2.37. The monoisotopic (exact) mass is 342 g/mol. The Morgan fingerprint density at radius 3 is 2.33 bits per heavy atom. The highest BCUT2D eigenvalue weighted by Crippen LogP contribution is 2.22. The highest BCUT2D eigenvalue weighted by atomic mass is 35.5. The molecule has 0 fully saturated rings. The number of carbonyl (C=O) groups excluding carboxylic acids is 1. The molecule has 0 saturated carbocycles. The van der Waals surface area contributed by atoms with Gasteiger partial charge in [0.25, 0.3) is 0 Å². The second-order valence-electron chi connectivity index (χ2n) is 4.42. The van der Waals surface area contributed by atoms with Gasteiger partial charge in [-0.25, -0.2) is 4.79 Å². The molecular formula is C15H13Cl3N2O. The number of amides is 2. The molecule has 0 aliphatic rings. The van der Waals surface area contributed by atoms with Gasteiger partial charge in [-0.3, -0.25) is 0 Å². The molecule has 2 rings (SSSR count). The van der Waals surface area contributed by atoms with Crippen LogP contribution in [0.5, 0.6) is 0 Å². The van der Waals surface area contributed by atoms with Crippen molar-refractivity contribution in [3.8, 4) is 0 Å². The van der Waals surface area contributed by atoms with Crippen molar-refractivity contribution in [3.05, 3.63) is 63.1 Å². The molecule has 2 aromatic rings. The average molecular weight is 344 g/mol. The Kier molecular flexibility index (Phi) is 5.74. The summed E-state index contributed by atoms with van der Waals surface area (Å²) in [5.41, 5.74) is 1.61. The van der Waals surface area contributed by atoms with Gasteiger partial charge >= 0.3 is 6.03 Å². The minimum Gasteiger partial charge on any atom is -0.338 e. The smallest absolute Gasteiger partial charge is 0.319 e. The summed E-state index contributed by atoms with van der Waals surface area (Å²) in [7, 11) is 0. The predicted octanol–water partition coefficient (Wildman–Crippen LogP) is 5.01. The lowest BCUT2D eigenvalue weighted by Crippen LogP contribution is -2.30. The van der Waals surface area contributed by atoms with Gasteiger partial charge in [-0.2, -0.15) is 0 Å². The number of anilines is 1. The van der Waals surface area contributed by atoms with Crippen LogP contribution < -0.4 is 10.6 Å². The molecule has 0 bridgehead atoms. The van der Waals surface area contributed by atoms with Gasteiger partial charge in [0, 0.05) is 27.3 Å². The summed E-state index contributed by atoms with van der Waals surface area (Å²) >= 11 is 17.6. The van der Waals surface area contributed by atoms with Crippen molar-refractivity contribution in [2.75, 3.05) is 11.9 Å². The Balaban J connectivity index is 1.82. The molecule has 0 aromatic heterocycles. The molecule has 0 spiro atoms. The van der Waals surface area contributed by atoms with Gasteiger partial charge in [-0.1, -0.05) is 46.9 Å². The molecule has 2 aromatic carbocycles. The van der Waals surface area contributed by atoms with Gasteiger partial charge in [0.1, 0.15) is 0 Å². The van der Waals surface area contributed by atoms with Crippen LogP contribution in [0.25, 0.3) is 0 Å². The zero-order valence-electron chi connectivity index (χ0n) is 11.0. The van der Waals surface area contributed by atoms with Crippen molar-refractivity contribution < 1.29 is 4.79 Å². The molecule has 110 valence electrons. The molecule has 0 radical (unpaired) electrons. The maximum absolute atomic E-state index is 11.8. The van der Waals surface area contributed by atoms with Gasteiger partial charge < -0.3 is 10.6 Å². The Morgan fingerprint density at radius 2 is 1.67 bits per heavy atom. The number of rotatable bonds is 4. The molecule has 0 heterocycles. The fourth-order valence-electron chi connectivity index (χ4n) is 1.81. The van der Waals surface area contributed by atoms with Crippen molar-refractivity contribution >= 4 is 46.5 Å². The highest BCUT2D eigenvalue weighted by molar-refractivity contribution is 6.35. The fourth-order valence-corrected chi connectivity index (χ4v) is 2.55. The maximum atomic E-state index is 11.8. The van der Waals surface area contributed by atoms with E-state index in [9.17, 15) is 4.79 Å². The van der Waals surface area contributed by atoms with Crippen molar-refractivity contribution in [2.45, 2.75) is 6.42 Å². The van der Waals surface area contributed by atoms with Crippen LogP contribution in [0.4, 0.5) is 10.5 Å². The zero-order valence-corrected chi connectivity index (χ0v) is 13.3. The summed E-state index contributed by atoms with van der Waals surface area (Å²) in [6.07, 6.45) is 0.699. The third-order valence-electron chi connectivity index (χ3n) is 2.71. The normalized spacial score (nSPS) is 10.2. The first kappa shape index (κ1) is 16.0. The van der Waals surface area contributed by atoms with Crippen molar-refractivity contribution in [1.29, 1.82) is 0 Å². The number of urea groups is 1. The fraction of sp³-hybridized carbons (Fsp3) is 0.133. The molecule has 0 atom stereocenters. The standard InChI is InChI=1S/C15H13Cl3N2O/c16-11-3-1-2-10(6-11)4-5-19-15(21)20-14-8-12(17)7-13(18)9-14/h1-3,6-9H,4-5H2,(H2,19,20,21). The summed E-state index contributed by atoms with van der Waals surface area (Å²) in [5.74, 6) is 0. The topological polar surface area (TPSA) is 41.1 Å². The minimum absolute atomic E-state index is 0.310. The van der Waals surface area contributed by atoms with E-state index in [4.69, 9.17) is 34.8 Å². The Hall–Kier alpha value is -1.42. The third kappa shape index (κ3) is 5.46. The van der Waals surface area contributed by atoms with E-state index < -0.39 is 0 Å². The van der Waals surface area contributed by atoms with Crippen LogP contribution in [0.15, 0.2) is 42.5 Å². The predicted molar refractivity (Wildman–Crippen MR) is 88.6 cm³/mol. The lowest BCUT2D eigenvalue weighted by molar-refractivity contribution is 0.252. The molecular weight excluding hydrogens is 331 g/mol. The molecule has 0 aliphatic heterocycles. The highest BCUT2D eigenvalue weighted by Gasteiger charge is 2.03. The van der Waals surface area contributed by atoms with Gasteiger partial charge in [0.2, 0.25) is 0 Å². The Bertz CT molecular complexity index is 626. The Labute approximate surface area is 138 Å². The van der Waals surface area contributed by atoms with Crippen LogP contribution in [0.2, 0.25) is 15.1 Å². The van der Waals surface area contributed by atoms with Crippen LogP contribution >= 0.6 is 34.8 Å². The number of hydrogen-bond acceptors (Lipinski definition) is 1. The first-order valence-electron chi connectivity index (χ1n) is 6.28. The van der Waals surface area contributed by atoms with Gasteiger partial charge in [0.15, 0.2) is 0 Å². The second kappa shape index (κ2) is 7.55. The van der Waals surface area contributed by atoms with E-state index in [0.29, 0.717) is 33.7 Å². The van der Waals surface area contributed by atoms with Crippen LogP contribution in [-0.4, -0.2) is 12.6 Å². The van der Waals surface area contributed by atoms with Gasteiger partial charge in [-0.15, -0.1) is 0 Å². The van der Waals surface area contributed by atoms with Crippen LogP contribution in [0.1, 0.15) is 5.56 Å².